The van der Waals surface area contributed by atoms with Crippen molar-refractivity contribution in [2.75, 3.05) is 7.05 Å². The first-order chi connectivity index (χ1) is 8.25. The van der Waals surface area contributed by atoms with Crippen LogP contribution in [0, 0.1) is 6.92 Å². The lowest BCUT2D eigenvalue weighted by atomic mass is 10.0. The highest BCUT2D eigenvalue weighted by atomic mass is 32.1. The number of hydrogen-bond donors (Lipinski definition) is 1. The minimum Gasteiger partial charge on any atom is -0.480 e. The molecule has 98 valence electrons. The molecular weight excluding hydrogens is 250 g/mol. The fourth-order valence-electron chi connectivity index (χ4n) is 1.23. The summed E-state index contributed by atoms with van der Waals surface area (Å²) < 4.78 is 0. The van der Waals surface area contributed by atoms with E-state index in [0.29, 0.717) is 0 Å². The monoisotopic (exact) mass is 267 g/mol. The fourth-order valence-corrected chi connectivity index (χ4v) is 2.01. The Morgan fingerprint density at radius 2 is 2.00 bits per heavy atom. The van der Waals surface area contributed by atoms with Crippen LogP contribution in [0.25, 0.3) is 6.08 Å². The molecule has 1 N–H and O–H groups in total. The average Bonchev–Trinajstić information content (AvgIpc) is 2.70. The quantitative estimate of drug-likeness (QED) is 0.852. The van der Waals surface area contributed by atoms with Crippen LogP contribution >= 0.6 is 11.3 Å². The Balaban J connectivity index is 2.77. The third kappa shape index (κ3) is 3.20. The van der Waals surface area contributed by atoms with Gasteiger partial charge in [-0.25, -0.2) is 4.79 Å². The molecule has 1 aromatic rings. The second-order valence-corrected chi connectivity index (χ2v) is 5.86. The van der Waals surface area contributed by atoms with Gasteiger partial charge < -0.3 is 10.0 Å². The molecule has 1 rings (SSSR count). The van der Waals surface area contributed by atoms with Gasteiger partial charge in [-0.3, -0.25) is 4.79 Å². The van der Waals surface area contributed by atoms with Crippen LogP contribution in [-0.2, 0) is 9.59 Å². The second kappa shape index (κ2) is 5.35. The second-order valence-electron chi connectivity index (χ2n) is 4.54. The van der Waals surface area contributed by atoms with Gasteiger partial charge in [0, 0.05) is 22.9 Å². The van der Waals surface area contributed by atoms with Crippen molar-refractivity contribution in [3.63, 3.8) is 0 Å². The van der Waals surface area contributed by atoms with Crippen molar-refractivity contribution in [2.45, 2.75) is 26.3 Å². The average molecular weight is 267 g/mol. The van der Waals surface area contributed by atoms with Crippen LogP contribution in [0.1, 0.15) is 23.6 Å². The first kappa shape index (κ1) is 14.4. The lowest BCUT2D eigenvalue weighted by Gasteiger charge is -2.30. The number of amides is 1. The minimum atomic E-state index is -1.22. The molecule has 0 spiro atoms. The van der Waals surface area contributed by atoms with E-state index in [2.05, 4.69) is 0 Å². The number of carboxylic acid groups (broad SMARTS) is 1. The van der Waals surface area contributed by atoms with Crippen molar-refractivity contribution in [1.82, 2.24) is 4.90 Å². The van der Waals surface area contributed by atoms with Gasteiger partial charge in [0.1, 0.15) is 5.54 Å². The van der Waals surface area contributed by atoms with Crippen LogP contribution in [0.4, 0.5) is 0 Å². The number of aryl methyl sites for hydroxylation is 1. The van der Waals surface area contributed by atoms with E-state index in [1.165, 1.54) is 36.7 Å². The zero-order chi connectivity index (χ0) is 13.9. The number of rotatable bonds is 4. The van der Waals surface area contributed by atoms with E-state index in [9.17, 15) is 9.59 Å². The van der Waals surface area contributed by atoms with Crippen LogP contribution < -0.4 is 0 Å². The number of carbonyl (C=O) groups excluding carboxylic acids is 1. The molecule has 0 unspecified atom stereocenters. The summed E-state index contributed by atoms with van der Waals surface area (Å²) in [5, 5.41) is 9.03. The van der Waals surface area contributed by atoms with Crippen molar-refractivity contribution >= 4 is 29.3 Å². The summed E-state index contributed by atoms with van der Waals surface area (Å²) in [5.74, 6) is -1.35. The molecule has 1 heterocycles. The maximum atomic E-state index is 11.9. The number of hydrogen-bond acceptors (Lipinski definition) is 3. The summed E-state index contributed by atoms with van der Waals surface area (Å²) in [6, 6.07) is 3.89. The molecule has 0 fully saturated rings. The van der Waals surface area contributed by atoms with Gasteiger partial charge in [-0.1, -0.05) is 0 Å². The van der Waals surface area contributed by atoms with Crippen molar-refractivity contribution in [3.8, 4) is 0 Å². The van der Waals surface area contributed by atoms with Crippen LogP contribution in [-0.4, -0.2) is 34.5 Å². The Morgan fingerprint density at radius 3 is 2.44 bits per heavy atom. The number of aliphatic carboxylic acids is 1. The number of carboxylic acids is 1. The molecule has 0 aromatic carbocycles. The third-order valence-electron chi connectivity index (χ3n) is 2.84. The van der Waals surface area contributed by atoms with Crippen molar-refractivity contribution in [3.05, 3.63) is 28.0 Å². The van der Waals surface area contributed by atoms with Crippen LogP contribution in [0.15, 0.2) is 18.2 Å². The van der Waals surface area contributed by atoms with Crippen molar-refractivity contribution in [1.29, 1.82) is 0 Å². The molecule has 0 aliphatic heterocycles. The smallest absolute Gasteiger partial charge is 0.329 e. The third-order valence-corrected chi connectivity index (χ3v) is 3.81. The summed E-state index contributed by atoms with van der Waals surface area (Å²) in [7, 11) is 1.49. The first-order valence-electron chi connectivity index (χ1n) is 5.51. The van der Waals surface area contributed by atoms with Gasteiger partial charge >= 0.3 is 5.97 Å². The van der Waals surface area contributed by atoms with Gasteiger partial charge in [0.25, 0.3) is 0 Å². The van der Waals surface area contributed by atoms with Crippen molar-refractivity contribution in [2.24, 2.45) is 0 Å². The molecule has 0 bridgehead atoms. The number of likely N-dealkylation sites (N-methyl/N-ethyl adjacent to an activating group) is 1. The number of carbonyl (C=O) groups is 2. The molecule has 18 heavy (non-hydrogen) atoms. The van der Waals surface area contributed by atoms with E-state index >= 15 is 0 Å². The molecule has 1 amide bonds. The first-order valence-corrected chi connectivity index (χ1v) is 6.32. The Morgan fingerprint density at radius 1 is 1.39 bits per heavy atom. The molecule has 0 saturated heterocycles. The molecule has 5 heteroatoms. The van der Waals surface area contributed by atoms with Crippen molar-refractivity contribution < 1.29 is 14.7 Å². The topological polar surface area (TPSA) is 57.6 Å². The van der Waals surface area contributed by atoms with Gasteiger partial charge in [0.05, 0.1) is 0 Å². The van der Waals surface area contributed by atoms with Gasteiger partial charge in [0.2, 0.25) is 5.91 Å². The Labute approximate surface area is 111 Å². The standard InChI is InChI=1S/C13H17NO3S/c1-9-5-6-10(18-9)7-8-11(15)14(4)13(2,3)12(16)17/h5-8H,1-4H3,(H,16,17). The highest BCUT2D eigenvalue weighted by Crippen LogP contribution is 2.17. The fraction of sp³-hybridized carbons (Fsp3) is 0.385. The Bertz CT molecular complexity index is 488. The highest BCUT2D eigenvalue weighted by molar-refractivity contribution is 7.12. The van der Waals surface area contributed by atoms with Crippen LogP contribution in [0.2, 0.25) is 0 Å². The van der Waals surface area contributed by atoms with E-state index in [1.54, 1.807) is 17.4 Å². The summed E-state index contributed by atoms with van der Waals surface area (Å²) in [5.41, 5.74) is -1.22. The van der Waals surface area contributed by atoms with E-state index in [0.717, 1.165) is 4.88 Å². The lowest BCUT2D eigenvalue weighted by Crippen LogP contribution is -2.50. The molecule has 0 saturated carbocycles. The van der Waals surface area contributed by atoms with E-state index < -0.39 is 11.5 Å². The summed E-state index contributed by atoms with van der Waals surface area (Å²) in [6.07, 6.45) is 3.10. The van der Waals surface area contributed by atoms with Gasteiger partial charge in [0.15, 0.2) is 0 Å². The molecule has 0 atom stereocenters. The Kier molecular flexibility index (Phi) is 4.29. The van der Waals surface area contributed by atoms with E-state index in [4.69, 9.17) is 5.11 Å². The van der Waals surface area contributed by atoms with Gasteiger partial charge in [-0.05, 0) is 39.0 Å². The van der Waals surface area contributed by atoms with Crippen LogP contribution in [0.5, 0.6) is 0 Å². The minimum absolute atomic E-state index is 0.326. The van der Waals surface area contributed by atoms with Gasteiger partial charge in [-0.2, -0.15) is 0 Å². The summed E-state index contributed by atoms with van der Waals surface area (Å²) in [4.78, 5) is 26.2. The molecule has 1 aromatic heterocycles. The maximum Gasteiger partial charge on any atom is 0.329 e. The highest BCUT2D eigenvalue weighted by Gasteiger charge is 2.34. The largest absolute Gasteiger partial charge is 0.480 e. The SMILES string of the molecule is Cc1ccc(C=CC(=O)N(C)C(C)(C)C(=O)O)s1. The van der Waals surface area contributed by atoms with E-state index in [-0.39, 0.29) is 5.91 Å². The normalized spacial score (nSPS) is 11.8. The Hall–Kier alpha value is -1.62. The van der Waals surface area contributed by atoms with Gasteiger partial charge in [-0.15, -0.1) is 11.3 Å². The predicted octanol–water partition coefficient (Wildman–Crippen LogP) is 2.39. The molecule has 4 nitrogen and oxygen atoms in total. The number of nitrogens with zero attached hydrogens (tertiary/aromatic N) is 1. The molecule has 0 aliphatic carbocycles. The maximum absolute atomic E-state index is 11.9. The summed E-state index contributed by atoms with van der Waals surface area (Å²) in [6.45, 7) is 4.98. The molecule has 0 radical (unpaired) electrons. The zero-order valence-corrected chi connectivity index (χ0v) is 11.7. The number of thiophene rings is 1. The predicted molar refractivity (Wildman–Crippen MR) is 72.6 cm³/mol. The zero-order valence-electron chi connectivity index (χ0n) is 10.9. The summed E-state index contributed by atoms with van der Waals surface area (Å²) >= 11 is 1.58. The molecule has 0 aliphatic rings. The van der Waals surface area contributed by atoms with Crippen LogP contribution in [0.3, 0.4) is 0 Å². The molecular formula is C13H17NO3S. The lowest BCUT2D eigenvalue weighted by molar-refractivity contribution is -0.153. The van der Waals surface area contributed by atoms with E-state index in [1.807, 2.05) is 19.1 Å².